The number of nitrogens with zero attached hydrogens (tertiary/aromatic N) is 1. The zero-order valence-corrected chi connectivity index (χ0v) is 15.6. The summed E-state index contributed by atoms with van der Waals surface area (Å²) >= 11 is 0. The Labute approximate surface area is 163 Å². The highest BCUT2D eigenvalue weighted by Crippen LogP contribution is 2.32. The van der Waals surface area contributed by atoms with E-state index in [1.54, 1.807) is 12.1 Å². The highest BCUT2D eigenvalue weighted by molar-refractivity contribution is 6.05. The molecule has 4 aromatic rings. The molecule has 1 aromatic heterocycles. The molecule has 0 fully saturated rings. The lowest BCUT2D eigenvalue weighted by Gasteiger charge is -2.12. The lowest BCUT2D eigenvalue weighted by molar-refractivity contribution is 0.102. The molecule has 4 heteroatoms. The number of amides is 1. The fraction of sp³-hybridized carbons (Fsp3) is 0.0833. The van der Waals surface area contributed by atoms with Crippen LogP contribution in [-0.4, -0.2) is 17.5 Å². The first-order valence-electron chi connectivity index (χ1n) is 9.24. The third-order valence-electron chi connectivity index (χ3n) is 4.43. The summed E-state index contributed by atoms with van der Waals surface area (Å²) in [5.41, 5.74) is 4.04. The van der Waals surface area contributed by atoms with Gasteiger partial charge in [0.25, 0.3) is 5.91 Å². The maximum absolute atomic E-state index is 12.4. The van der Waals surface area contributed by atoms with Crippen molar-refractivity contribution in [3.05, 3.63) is 90.5 Å². The molecule has 4 nitrogen and oxygen atoms in total. The van der Waals surface area contributed by atoms with Crippen molar-refractivity contribution in [2.24, 2.45) is 0 Å². The Morgan fingerprint density at radius 3 is 2.36 bits per heavy atom. The second kappa shape index (κ2) is 7.92. The first-order valence-corrected chi connectivity index (χ1v) is 9.24. The van der Waals surface area contributed by atoms with Crippen molar-refractivity contribution in [2.75, 3.05) is 11.9 Å². The monoisotopic (exact) mass is 368 g/mol. The Hall–Kier alpha value is -3.66. The molecule has 4 rings (SSSR count). The minimum absolute atomic E-state index is 0.147. The number of pyridine rings is 1. The highest BCUT2D eigenvalue weighted by Gasteiger charge is 2.11. The molecule has 1 heterocycles. The standard InChI is InChI=1S/C24H20N2O2/c1-2-28-23-16-22(17-9-5-3-6-10-17)26-21-14-13-19(15-20(21)23)25-24(27)18-11-7-4-8-12-18/h3-16H,2H2,1H3,(H,25,27). The number of nitrogens with one attached hydrogen (secondary N) is 1. The van der Waals surface area contributed by atoms with Crippen LogP contribution in [0.3, 0.4) is 0 Å². The van der Waals surface area contributed by atoms with E-state index in [1.807, 2.05) is 79.7 Å². The number of hydrogen-bond donors (Lipinski definition) is 1. The molecule has 0 radical (unpaired) electrons. The molecule has 1 amide bonds. The van der Waals surface area contributed by atoms with Crippen LogP contribution in [0, 0.1) is 0 Å². The Morgan fingerprint density at radius 2 is 1.64 bits per heavy atom. The van der Waals surface area contributed by atoms with Gasteiger partial charge in [-0.2, -0.15) is 0 Å². The predicted molar refractivity (Wildman–Crippen MR) is 113 cm³/mol. The molecule has 3 aromatic carbocycles. The highest BCUT2D eigenvalue weighted by atomic mass is 16.5. The number of hydrogen-bond acceptors (Lipinski definition) is 3. The molecule has 0 saturated heterocycles. The molecule has 0 unspecified atom stereocenters. The Kier molecular flexibility index (Phi) is 5.02. The van der Waals surface area contributed by atoms with Crippen LogP contribution < -0.4 is 10.1 Å². The largest absolute Gasteiger partial charge is 0.493 e. The van der Waals surface area contributed by atoms with Gasteiger partial charge in [0, 0.05) is 28.3 Å². The van der Waals surface area contributed by atoms with E-state index >= 15 is 0 Å². The van der Waals surface area contributed by atoms with Gasteiger partial charge in [-0.15, -0.1) is 0 Å². The molecular formula is C24H20N2O2. The smallest absolute Gasteiger partial charge is 0.255 e. The SMILES string of the molecule is CCOc1cc(-c2ccccc2)nc2ccc(NC(=O)c3ccccc3)cc12. The molecule has 0 aliphatic heterocycles. The Morgan fingerprint density at radius 1 is 0.929 bits per heavy atom. The van der Waals surface area contributed by atoms with Crippen molar-refractivity contribution in [1.29, 1.82) is 0 Å². The summed E-state index contributed by atoms with van der Waals surface area (Å²) in [7, 11) is 0. The zero-order chi connectivity index (χ0) is 19.3. The van der Waals surface area contributed by atoms with Crippen molar-refractivity contribution in [3.63, 3.8) is 0 Å². The predicted octanol–water partition coefficient (Wildman–Crippen LogP) is 5.55. The fourth-order valence-electron chi connectivity index (χ4n) is 3.10. The number of anilines is 1. The third-order valence-corrected chi connectivity index (χ3v) is 4.43. The number of carbonyl (C=O) groups excluding carboxylic acids is 1. The average Bonchev–Trinajstić information content (AvgIpc) is 2.75. The minimum atomic E-state index is -0.147. The third kappa shape index (κ3) is 3.71. The van der Waals surface area contributed by atoms with Crippen LogP contribution in [0.25, 0.3) is 22.2 Å². The maximum Gasteiger partial charge on any atom is 0.255 e. The molecule has 0 aliphatic rings. The van der Waals surface area contributed by atoms with E-state index in [9.17, 15) is 4.79 Å². The van der Waals surface area contributed by atoms with Gasteiger partial charge in [-0.3, -0.25) is 4.79 Å². The van der Waals surface area contributed by atoms with Crippen molar-refractivity contribution in [2.45, 2.75) is 6.92 Å². The van der Waals surface area contributed by atoms with Crippen molar-refractivity contribution >= 4 is 22.5 Å². The van der Waals surface area contributed by atoms with E-state index in [2.05, 4.69) is 5.32 Å². The Balaban J connectivity index is 1.72. The molecule has 28 heavy (non-hydrogen) atoms. The van der Waals surface area contributed by atoms with Crippen LogP contribution in [-0.2, 0) is 0 Å². The quantitative estimate of drug-likeness (QED) is 0.502. The molecule has 0 saturated carbocycles. The summed E-state index contributed by atoms with van der Waals surface area (Å²) in [6.45, 7) is 2.50. The molecule has 0 spiro atoms. The minimum Gasteiger partial charge on any atom is -0.493 e. The van der Waals surface area contributed by atoms with Gasteiger partial charge in [0.2, 0.25) is 0 Å². The second-order valence-corrected chi connectivity index (χ2v) is 6.36. The van der Waals surface area contributed by atoms with Gasteiger partial charge in [-0.1, -0.05) is 48.5 Å². The van der Waals surface area contributed by atoms with Gasteiger partial charge in [0.1, 0.15) is 5.75 Å². The number of fused-ring (bicyclic) bond motifs is 1. The van der Waals surface area contributed by atoms with Crippen molar-refractivity contribution < 1.29 is 9.53 Å². The van der Waals surface area contributed by atoms with Crippen LogP contribution in [0.1, 0.15) is 17.3 Å². The molecule has 0 bridgehead atoms. The lowest BCUT2D eigenvalue weighted by atomic mass is 10.1. The first kappa shape index (κ1) is 17.7. The van der Waals surface area contributed by atoms with Crippen LogP contribution in [0.5, 0.6) is 5.75 Å². The van der Waals surface area contributed by atoms with Crippen LogP contribution in [0.4, 0.5) is 5.69 Å². The second-order valence-electron chi connectivity index (χ2n) is 6.36. The zero-order valence-electron chi connectivity index (χ0n) is 15.6. The van der Waals surface area contributed by atoms with Gasteiger partial charge in [0.05, 0.1) is 17.8 Å². The summed E-state index contributed by atoms with van der Waals surface area (Å²) in [5.74, 6) is 0.605. The van der Waals surface area contributed by atoms with E-state index < -0.39 is 0 Å². The number of rotatable bonds is 5. The van der Waals surface area contributed by atoms with E-state index in [-0.39, 0.29) is 5.91 Å². The molecule has 138 valence electrons. The summed E-state index contributed by atoms with van der Waals surface area (Å²) in [6.07, 6.45) is 0. The Bertz CT molecular complexity index is 1110. The van der Waals surface area contributed by atoms with Gasteiger partial charge in [-0.05, 0) is 37.3 Å². The van der Waals surface area contributed by atoms with Gasteiger partial charge in [0.15, 0.2) is 0 Å². The molecular weight excluding hydrogens is 348 g/mol. The van der Waals surface area contributed by atoms with E-state index in [4.69, 9.17) is 9.72 Å². The maximum atomic E-state index is 12.4. The van der Waals surface area contributed by atoms with E-state index in [1.165, 1.54) is 0 Å². The van der Waals surface area contributed by atoms with Crippen LogP contribution in [0.15, 0.2) is 84.9 Å². The normalized spacial score (nSPS) is 10.6. The number of carbonyl (C=O) groups is 1. The van der Waals surface area contributed by atoms with Gasteiger partial charge < -0.3 is 10.1 Å². The summed E-state index contributed by atoms with van der Waals surface area (Å²) in [4.78, 5) is 17.2. The van der Waals surface area contributed by atoms with Crippen molar-refractivity contribution in [1.82, 2.24) is 4.98 Å². The molecule has 1 N–H and O–H groups in total. The van der Waals surface area contributed by atoms with E-state index in [0.717, 1.165) is 27.9 Å². The first-order chi connectivity index (χ1) is 13.7. The summed E-state index contributed by atoms with van der Waals surface area (Å²) in [6, 6.07) is 26.8. The van der Waals surface area contributed by atoms with Crippen LogP contribution >= 0.6 is 0 Å². The summed E-state index contributed by atoms with van der Waals surface area (Å²) in [5, 5.41) is 3.81. The van der Waals surface area contributed by atoms with E-state index in [0.29, 0.717) is 17.9 Å². The lowest BCUT2D eigenvalue weighted by Crippen LogP contribution is -2.11. The van der Waals surface area contributed by atoms with Crippen LogP contribution in [0.2, 0.25) is 0 Å². The number of aromatic nitrogens is 1. The summed E-state index contributed by atoms with van der Waals surface area (Å²) < 4.78 is 5.87. The van der Waals surface area contributed by atoms with Crippen molar-refractivity contribution in [3.8, 4) is 17.0 Å². The number of ether oxygens (including phenoxy) is 1. The molecule has 0 aliphatic carbocycles. The number of benzene rings is 3. The fourth-order valence-corrected chi connectivity index (χ4v) is 3.10. The van der Waals surface area contributed by atoms with Gasteiger partial charge >= 0.3 is 0 Å². The van der Waals surface area contributed by atoms with Gasteiger partial charge in [-0.25, -0.2) is 4.98 Å². The average molecular weight is 368 g/mol. The molecule has 0 atom stereocenters. The topological polar surface area (TPSA) is 51.2 Å².